The molecule has 0 saturated heterocycles. The highest BCUT2D eigenvalue weighted by molar-refractivity contribution is 6.38. The molecule has 0 aliphatic heterocycles. The molecule has 2 aromatic heterocycles. The van der Waals surface area contributed by atoms with Crippen LogP contribution in [0.5, 0.6) is 0 Å². The topological polar surface area (TPSA) is 28.7 Å². The van der Waals surface area contributed by atoms with E-state index in [9.17, 15) is 0 Å². The highest BCUT2D eigenvalue weighted by Crippen LogP contribution is 2.31. The first-order valence-electron chi connectivity index (χ1n) is 4.47. The minimum Gasteiger partial charge on any atom is -0.353 e. The Morgan fingerprint density at radius 3 is 2.87 bits per heavy atom. The summed E-state index contributed by atoms with van der Waals surface area (Å²) in [5.74, 6) is 0. The first-order valence-corrected chi connectivity index (χ1v) is 5.23. The molecule has 0 radical (unpaired) electrons. The van der Waals surface area contributed by atoms with Gasteiger partial charge < -0.3 is 4.98 Å². The molecule has 2 heterocycles. The second kappa shape index (κ2) is 3.12. The number of aromatic amines is 1. The predicted octanol–water partition coefficient (Wildman–Crippen LogP) is 4.02. The maximum atomic E-state index is 6.15. The third-order valence-corrected chi connectivity index (χ3v) is 2.94. The maximum absolute atomic E-state index is 6.15. The zero-order chi connectivity index (χ0) is 10.4. The number of pyridine rings is 1. The van der Waals surface area contributed by atoms with Crippen LogP contribution in [0, 0.1) is 0 Å². The molecule has 0 spiro atoms. The summed E-state index contributed by atoms with van der Waals surface area (Å²) < 4.78 is 0. The summed E-state index contributed by atoms with van der Waals surface area (Å²) in [5, 5.41) is 3.21. The van der Waals surface area contributed by atoms with Crippen molar-refractivity contribution in [1.82, 2.24) is 9.97 Å². The van der Waals surface area contributed by atoms with Crippen LogP contribution >= 0.6 is 23.2 Å². The van der Waals surface area contributed by atoms with Crippen molar-refractivity contribution in [1.29, 1.82) is 0 Å². The molecule has 0 unspecified atom stereocenters. The Morgan fingerprint density at radius 2 is 2.00 bits per heavy atom. The molecule has 15 heavy (non-hydrogen) atoms. The number of nitrogens with zero attached hydrogens (tertiary/aromatic N) is 1. The molecule has 0 atom stereocenters. The molecule has 1 N–H and O–H groups in total. The van der Waals surface area contributed by atoms with Gasteiger partial charge in [-0.3, -0.25) is 0 Å². The van der Waals surface area contributed by atoms with Crippen molar-refractivity contribution in [3.05, 3.63) is 40.6 Å². The highest BCUT2D eigenvalue weighted by atomic mass is 35.5. The van der Waals surface area contributed by atoms with Gasteiger partial charge in [0.2, 0.25) is 0 Å². The maximum Gasteiger partial charge on any atom is 0.129 e. The number of rotatable bonds is 0. The molecule has 3 rings (SSSR count). The number of hydrogen-bond acceptors (Lipinski definition) is 1. The number of H-pyrrole nitrogens is 1. The molecule has 3 aromatic rings. The van der Waals surface area contributed by atoms with Crippen molar-refractivity contribution in [2.45, 2.75) is 0 Å². The Labute approximate surface area is 95.8 Å². The van der Waals surface area contributed by atoms with Crippen LogP contribution in [0.2, 0.25) is 10.2 Å². The number of aromatic nitrogens is 2. The Balaban J connectivity index is 2.61. The standard InChI is InChI=1S/C11H6Cl2N2/c12-7-2-1-3-8-11(7)6-4-10(13)14-5-9(6)15-8/h1-5,15H. The van der Waals surface area contributed by atoms with E-state index < -0.39 is 0 Å². The fraction of sp³-hybridized carbons (Fsp3) is 0. The monoisotopic (exact) mass is 236 g/mol. The van der Waals surface area contributed by atoms with Gasteiger partial charge in [-0.25, -0.2) is 4.98 Å². The molecule has 0 aliphatic rings. The van der Waals surface area contributed by atoms with E-state index in [1.165, 1.54) is 0 Å². The van der Waals surface area contributed by atoms with Gasteiger partial charge in [0.05, 0.1) is 16.7 Å². The lowest BCUT2D eigenvalue weighted by atomic mass is 10.2. The largest absolute Gasteiger partial charge is 0.353 e. The van der Waals surface area contributed by atoms with E-state index in [2.05, 4.69) is 9.97 Å². The minimum absolute atomic E-state index is 0.475. The van der Waals surface area contributed by atoms with Gasteiger partial charge in [-0.2, -0.15) is 0 Å². The summed E-state index contributed by atoms with van der Waals surface area (Å²) in [4.78, 5) is 7.26. The first kappa shape index (κ1) is 9.01. The number of halogens is 2. The fourth-order valence-corrected chi connectivity index (χ4v) is 2.22. The van der Waals surface area contributed by atoms with Gasteiger partial charge in [-0.15, -0.1) is 0 Å². The van der Waals surface area contributed by atoms with Gasteiger partial charge in [0.15, 0.2) is 0 Å². The lowest BCUT2D eigenvalue weighted by Gasteiger charge is -1.94. The van der Waals surface area contributed by atoms with Gasteiger partial charge in [-0.05, 0) is 18.2 Å². The molecule has 0 saturated carbocycles. The summed E-state index contributed by atoms with van der Waals surface area (Å²) in [6.45, 7) is 0. The van der Waals surface area contributed by atoms with Crippen LogP contribution in [0.15, 0.2) is 30.5 Å². The molecule has 1 aromatic carbocycles. The van der Waals surface area contributed by atoms with Gasteiger partial charge in [0.25, 0.3) is 0 Å². The summed E-state index contributed by atoms with van der Waals surface area (Å²) in [5.41, 5.74) is 1.95. The molecule has 74 valence electrons. The lowest BCUT2D eigenvalue weighted by molar-refractivity contribution is 1.35. The van der Waals surface area contributed by atoms with Crippen LogP contribution in [0.1, 0.15) is 0 Å². The molecule has 0 fully saturated rings. The van der Waals surface area contributed by atoms with Crippen molar-refractivity contribution >= 4 is 45.0 Å². The van der Waals surface area contributed by atoms with Crippen LogP contribution in [0.25, 0.3) is 21.8 Å². The van der Waals surface area contributed by atoms with Gasteiger partial charge >= 0.3 is 0 Å². The molecule has 0 bridgehead atoms. The Hall–Kier alpha value is -1.25. The molecular formula is C11H6Cl2N2. The molecule has 0 amide bonds. The normalized spacial score (nSPS) is 11.3. The van der Waals surface area contributed by atoms with Crippen molar-refractivity contribution in [2.24, 2.45) is 0 Å². The Bertz CT molecular complexity index is 658. The average molecular weight is 237 g/mol. The van der Waals surface area contributed by atoms with Crippen LogP contribution in [-0.4, -0.2) is 9.97 Å². The van der Waals surface area contributed by atoms with E-state index in [0.717, 1.165) is 26.8 Å². The summed E-state index contributed by atoms with van der Waals surface area (Å²) in [6.07, 6.45) is 1.72. The summed E-state index contributed by atoms with van der Waals surface area (Å²) in [6, 6.07) is 7.58. The SMILES string of the molecule is Clc1cc2c(cn1)[nH]c1cccc(Cl)c12. The smallest absolute Gasteiger partial charge is 0.129 e. The molecule has 4 heteroatoms. The minimum atomic E-state index is 0.475. The molecule has 0 aliphatic carbocycles. The van der Waals surface area contributed by atoms with E-state index in [1.54, 1.807) is 6.20 Å². The third-order valence-electron chi connectivity index (χ3n) is 2.42. The van der Waals surface area contributed by atoms with Gasteiger partial charge in [0.1, 0.15) is 5.15 Å². The van der Waals surface area contributed by atoms with Crippen LogP contribution in [0.3, 0.4) is 0 Å². The van der Waals surface area contributed by atoms with Gasteiger partial charge in [0, 0.05) is 16.3 Å². The average Bonchev–Trinajstić information content (AvgIpc) is 2.57. The predicted molar refractivity (Wildman–Crippen MR) is 63.6 cm³/mol. The van der Waals surface area contributed by atoms with Crippen molar-refractivity contribution in [3.8, 4) is 0 Å². The van der Waals surface area contributed by atoms with Crippen molar-refractivity contribution in [3.63, 3.8) is 0 Å². The van der Waals surface area contributed by atoms with E-state index >= 15 is 0 Å². The summed E-state index contributed by atoms with van der Waals surface area (Å²) >= 11 is 12.0. The molecular weight excluding hydrogens is 231 g/mol. The van der Waals surface area contributed by atoms with Crippen LogP contribution in [-0.2, 0) is 0 Å². The number of fused-ring (bicyclic) bond motifs is 3. The highest BCUT2D eigenvalue weighted by Gasteiger charge is 2.07. The second-order valence-electron chi connectivity index (χ2n) is 3.34. The van der Waals surface area contributed by atoms with E-state index in [4.69, 9.17) is 23.2 Å². The summed E-state index contributed by atoms with van der Waals surface area (Å²) in [7, 11) is 0. The lowest BCUT2D eigenvalue weighted by Crippen LogP contribution is -1.73. The van der Waals surface area contributed by atoms with E-state index in [-0.39, 0.29) is 0 Å². The third kappa shape index (κ3) is 1.29. The van der Waals surface area contributed by atoms with Crippen molar-refractivity contribution in [2.75, 3.05) is 0 Å². The number of hydrogen-bond donors (Lipinski definition) is 1. The fourth-order valence-electron chi connectivity index (χ4n) is 1.78. The van der Waals surface area contributed by atoms with E-state index in [1.807, 2.05) is 24.3 Å². The Morgan fingerprint density at radius 1 is 1.13 bits per heavy atom. The number of benzene rings is 1. The molecule has 2 nitrogen and oxygen atoms in total. The van der Waals surface area contributed by atoms with Crippen molar-refractivity contribution < 1.29 is 0 Å². The van der Waals surface area contributed by atoms with Crippen LogP contribution < -0.4 is 0 Å². The van der Waals surface area contributed by atoms with Crippen LogP contribution in [0.4, 0.5) is 0 Å². The number of nitrogens with one attached hydrogen (secondary N) is 1. The zero-order valence-electron chi connectivity index (χ0n) is 7.59. The quantitative estimate of drug-likeness (QED) is 0.587. The van der Waals surface area contributed by atoms with E-state index in [0.29, 0.717) is 5.15 Å². The zero-order valence-corrected chi connectivity index (χ0v) is 9.10. The van der Waals surface area contributed by atoms with Gasteiger partial charge in [-0.1, -0.05) is 29.3 Å². The first-order chi connectivity index (χ1) is 7.25. The Kier molecular flexibility index (Phi) is 1.87. The second-order valence-corrected chi connectivity index (χ2v) is 4.13.